The summed E-state index contributed by atoms with van der Waals surface area (Å²) in [4.78, 5) is 0. The third-order valence-corrected chi connectivity index (χ3v) is 12.7. The van der Waals surface area contributed by atoms with Crippen molar-refractivity contribution in [3.8, 4) is 11.5 Å². The third-order valence-electron chi connectivity index (χ3n) is 12.7. The molecular formula is C58H58O2. The highest BCUT2D eigenvalue weighted by Crippen LogP contribution is 2.39. The number of ether oxygens (including phenoxy) is 2. The highest BCUT2D eigenvalue weighted by atomic mass is 16.5. The lowest BCUT2D eigenvalue weighted by molar-refractivity contribution is 0.295. The van der Waals surface area contributed by atoms with E-state index in [1.165, 1.54) is 140 Å². The summed E-state index contributed by atoms with van der Waals surface area (Å²) in [5.41, 5.74) is 4.50. The Morgan fingerprint density at radius 3 is 1.08 bits per heavy atom. The molecule has 0 saturated heterocycles. The zero-order chi connectivity index (χ0) is 40.7. The zero-order valence-electron chi connectivity index (χ0n) is 35.6. The van der Waals surface area contributed by atoms with Gasteiger partial charge >= 0.3 is 0 Å². The Morgan fingerprint density at radius 1 is 0.333 bits per heavy atom. The van der Waals surface area contributed by atoms with Gasteiger partial charge in [-0.3, -0.25) is 0 Å². The molecule has 0 aliphatic rings. The molecule has 0 aliphatic carbocycles. The van der Waals surface area contributed by atoms with Crippen LogP contribution >= 0.6 is 0 Å². The Balaban J connectivity index is 1.09. The summed E-state index contributed by atoms with van der Waals surface area (Å²) >= 11 is 0. The van der Waals surface area contributed by atoms with Gasteiger partial charge in [-0.1, -0.05) is 212 Å². The summed E-state index contributed by atoms with van der Waals surface area (Å²) < 4.78 is 13.5. The van der Waals surface area contributed by atoms with E-state index >= 15 is 0 Å². The number of benzene rings is 9. The maximum absolute atomic E-state index is 6.75. The molecule has 2 heteroatoms. The fourth-order valence-electron chi connectivity index (χ4n) is 9.40. The highest BCUT2D eigenvalue weighted by Gasteiger charge is 2.14. The minimum absolute atomic E-state index is 0.696. The Labute approximate surface area is 356 Å². The first-order chi connectivity index (χ1) is 29.7. The zero-order valence-corrected chi connectivity index (χ0v) is 35.6. The molecule has 9 rings (SSSR count). The van der Waals surface area contributed by atoms with Crippen molar-refractivity contribution in [2.24, 2.45) is 0 Å². The quantitative estimate of drug-likeness (QED) is 0.0435. The summed E-state index contributed by atoms with van der Waals surface area (Å²) in [5, 5.41) is 15.6. The van der Waals surface area contributed by atoms with Crippen LogP contribution in [-0.4, -0.2) is 13.2 Å². The Hall–Kier alpha value is -5.86. The van der Waals surface area contributed by atoms with E-state index in [1.54, 1.807) is 0 Å². The van der Waals surface area contributed by atoms with Crippen molar-refractivity contribution in [2.75, 3.05) is 13.2 Å². The molecule has 2 nitrogen and oxygen atoms in total. The van der Waals surface area contributed by atoms with E-state index in [1.807, 2.05) is 0 Å². The molecule has 0 fully saturated rings. The lowest BCUT2D eigenvalue weighted by atomic mass is 9.91. The molecule has 0 atom stereocenters. The molecule has 0 heterocycles. The van der Waals surface area contributed by atoms with Crippen LogP contribution < -0.4 is 9.47 Å². The van der Waals surface area contributed by atoms with E-state index in [4.69, 9.17) is 9.47 Å². The van der Waals surface area contributed by atoms with Gasteiger partial charge in [0.05, 0.1) is 13.2 Å². The van der Waals surface area contributed by atoms with Crippen LogP contribution in [0.2, 0.25) is 0 Å². The average Bonchev–Trinajstić information content (AvgIpc) is 3.29. The van der Waals surface area contributed by atoms with Crippen LogP contribution in [0.5, 0.6) is 11.5 Å². The fraction of sp³-hybridized carbons (Fsp3) is 0.276. The van der Waals surface area contributed by atoms with Gasteiger partial charge < -0.3 is 9.47 Å². The van der Waals surface area contributed by atoms with E-state index in [0.29, 0.717) is 13.2 Å². The maximum atomic E-state index is 6.75. The first kappa shape index (κ1) is 39.6. The standard InChI is InChI=1S/C58H58O2/c1-3-5-7-9-11-13-37-59-53-39-50(32-24-42-22-26-48-30-28-44-18-16-20-46-34-36-52(42)58(48)56(44)46)54(60-38-14-12-10-8-6-4-2)40-49(53)31-23-41-21-25-47-29-27-43-17-15-19-45-33-35-51(41)57(47)55(43)45/h15-36,39-40H,3-14,37-38H2,1-2H3. The number of unbranched alkanes of at least 4 members (excludes halogenated alkanes) is 10. The predicted octanol–water partition coefficient (Wildman–Crippen LogP) is 17.3. The normalized spacial score (nSPS) is 12.3. The van der Waals surface area contributed by atoms with Crippen molar-refractivity contribution in [2.45, 2.75) is 90.9 Å². The minimum atomic E-state index is 0.696. The second-order valence-corrected chi connectivity index (χ2v) is 16.8. The van der Waals surface area contributed by atoms with E-state index in [9.17, 15) is 0 Å². The van der Waals surface area contributed by atoms with Crippen LogP contribution in [0, 0.1) is 0 Å². The molecule has 60 heavy (non-hydrogen) atoms. The number of hydrogen-bond acceptors (Lipinski definition) is 2. The summed E-state index contributed by atoms with van der Waals surface area (Å²) in [7, 11) is 0. The molecule has 0 bridgehead atoms. The first-order valence-electron chi connectivity index (χ1n) is 22.8. The summed E-state index contributed by atoms with van der Waals surface area (Å²) in [5.74, 6) is 1.80. The van der Waals surface area contributed by atoms with Gasteiger partial charge in [0.15, 0.2) is 0 Å². The van der Waals surface area contributed by atoms with E-state index in [2.05, 4.69) is 159 Å². The molecule has 0 aromatic heterocycles. The van der Waals surface area contributed by atoms with Gasteiger partial charge in [0.1, 0.15) is 11.5 Å². The maximum Gasteiger partial charge on any atom is 0.127 e. The van der Waals surface area contributed by atoms with E-state index in [0.717, 1.165) is 35.5 Å². The molecule has 0 spiro atoms. The number of hydrogen-bond donors (Lipinski definition) is 0. The molecule has 9 aromatic rings. The van der Waals surface area contributed by atoms with Crippen LogP contribution in [0.25, 0.3) is 88.9 Å². The van der Waals surface area contributed by atoms with Gasteiger partial charge in [-0.25, -0.2) is 0 Å². The SMILES string of the molecule is CCCCCCCCOc1cc(C=Cc2ccc3ccc4cccc5ccc2c3c45)c(OCCCCCCCC)cc1C=Cc1ccc2ccc3cccc4ccc1c2c34. The van der Waals surface area contributed by atoms with Crippen molar-refractivity contribution < 1.29 is 9.47 Å². The van der Waals surface area contributed by atoms with Gasteiger partial charge in [-0.2, -0.15) is 0 Å². The third kappa shape index (κ3) is 8.30. The monoisotopic (exact) mass is 786 g/mol. The Bertz CT molecular complexity index is 2680. The second-order valence-electron chi connectivity index (χ2n) is 16.8. The fourth-order valence-corrected chi connectivity index (χ4v) is 9.40. The summed E-state index contributed by atoms with van der Waals surface area (Å²) in [6, 6.07) is 44.9. The largest absolute Gasteiger partial charge is 0.493 e. The van der Waals surface area contributed by atoms with Gasteiger partial charge in [-0.15, -0.1) is 0 Å². The van der Waals surface area contributed by atoms with Crippen LogP contribution in [0.15, 0.2) is 121 Å². The van der Waals surface area contributed by atoms with E-state index in [-0.39, 0.29) is 0 Å². The average molecular weight is 787 g/mol. The van der Waals surface area contributed by atoms with Crippen LogP contribution in [-0.2, 0) is 0 Å². The molecule has 0 N–H and O–H groups in total. The van der Waals surface area contributed by atoms with Crippen LogP contribution in [0.4, 0.5) is 0 Å². The predicted molar refractivity (Wildman–Crippen MR) is 262 cm³/mol. The number of rotatable bonds is 20. The van der Waals surface area contributed by atoms with Gasteiger partial charge in [0, 0.05) is 11.1 Å². The lowest BCUT2D eigenvalue weighted by Crippen LogP contribution is -2.03. The Kier molecular flexibility index (Phi) is 12.3. The van der Waals surface area contributed by atoms with Gasteiger partial charge in [0.2, 0.25) is 0 Å². The second kappa shape index (κ2) is 18.6. The van der Waals surface area contributed by atoms with E-state index < -0.39 is 0 Å². The van der Waals surface area contributed by atoms with Crippen molar-refractivity contribution >= 4 is 88.9 Å². The smallest absolute Gasteiger partial charge is 0.127 e. The van der Waals surface area contributed by atoms with Crippen molar-refractivity contribution in [3.05, 3.63) is 144 Å². The topological polar surface area (TPSA) is 18.5 Å². The molecule has 9 aromatic carbocycles. The first-order valence-corrected chi connectivity index (χ1v) is 22.8. The van der Waals surface area contributed by atoms with Gasteiger partial charge in [0.25, 0.3) is 0 Å². The van der Waals surface area contributed by atoms with Crippen LogP contribution in [0.1, 0.15) is 113 Å². The lowest BCUT2D eigenvalue weighted by Gasteiger charge is -2.16. The van der Waals surface area contributed by atoms with Crippen molar-refractivity contribution in [1.82, 2.24) is 0 Å². The molecular weight excluding hydrogens is 729 g/mol. The Morgan fingerprint density at radius 2 is 0.667 bits per heavy atom. The van der Waals surface area contributed by atoms with Crippen molar-refractivity contribution in [1.29, 1.82) is 0 Å². The molecule has 0 unspecified atom stereocenters. The summed E-state index contributed by atoms with van der Waals surface area (Å²) in [6.45, 7) is 5.94. The molecule has 0 radical (unpaired) electrons. The highest BCUT2D eigenvalue weighted by molar-refractivity contribution is 6.25. The summed E-state index contributed by atoms with van der Waals surface area (Å²) in [6.07, 6.45) is 23.8. The molecule has 0 saturated carbocycles. The van der Waals surface area contributed by atoms with Gasteiger partial charge in [-0.05, 0) is 101 Å². The molecule has 302 valence electrons. The minimum Gasteiger partial charge on any atom is -0.493 e. The molecule has 0 aliphatic heterocycles. The molecule has 0 amide bonds. The van der Waals surface area contributed by atoms with Crippen LogP contribution in [0.3, 0.4) is 0 Å². The van der Waals surface area contributed by atoms with Crippen molar-refractivity contribution in [3.63, 3.8) is 0 Å².